The average molecular weight is 1100 g/mol. The normalized spacial score (nSPS) is 12.7. The number of esters is 3. The molecule has 0 heterocycles. The minimum Gasteiger partial charge on any atom is -0.462 e. The molecule has 454 valence electrons. The first-order valence-corrected chi connectivity index (χ1v) is 33.7. The average Bonchev–Trinajstić information content (AvgIpc) is 3.45. The van der Waals surface area contributed by atoms with Gasteiger partial charge in [0.1, 0.15) is 13.2 Å². The highest BCUT2D eigenvalue weighted by atomic mass is 16.6. The fourth-order valence-corrected chi connectivity index (χ4v) is 9.54. The maximum absolute atomic E-state index is 12.9. The van der Waals surface area contributed by atoms with E-state index in [9.17, 15) is 14.4 Å². The van der Waals surface area contributed by atoms with Crippen LogP contribution in [0, 0.1) is 0 Å². The first kappa shape index (κ1) is 75.3. The summed E-state index contributed by atoms with van der Waals surface area (Å²) in [6, 6.07) is 0. The Kier molecular flexibility index (Phi) is 63.7. The molecule has 0 aliphatic rings. The molecule has 79 heavy (non-hydrogen) atoms. The molecule has 6 nitrogen and oxygen atoms in total. The van der Waals surface area contributed by atoms with Crippen molar-refractivity contribution in [2.75, 3.05) is 13.2 Å². The van der Waals surface area contributed by atoms with E-state index in [0.717, 1.165) is 96.3 Å². The second-order valence-corrected chi connectivity index (χ2v) is 22.4. The van der Waals surface area contributed by atoms with Gasteiger partial charge in [-0.05, 0) is 103 Å². The van der Waals surface area contributed by atoms with Crippen LogP contribution in [0.15, 0.2) is 97.2 Å². The molecule has 6 heteroatoms. The van der Waals surface area contributed by atoms with Gasteiger partial charge >= 0.3 is 17.9 Å². The van der Waals surface area contributed by atoms with Crippen molar-refractivity contribution in [1.82, 2.24) is 0 Å². The second kappa shape index (κ2) is 66.8. The van der Waals surface area contributed by atoms with E-state index >= 15 is 0 Å². The fraction of sp³-hybridized carbons (Fsp3) is 0.740. The standard InChI is InChI=1S/C73H126O6/c1-4-7-10-13-16-19-22-24-26-28-30-32-33-34-35-36-37-38-39-41-42-44-46-48-51-54-57-60-63-66-72(75)78-69-70(68-77-71(74)65-62-59-56-53-50-21-18-15-12-9-6-3)79-73(76)67-64-61-58-55-52-49-47-45-43-40-31-29-27-25-23-20-17-14-11-8-5-2/h8,11,17,20,22,24-25,27-28,30-31,40,45,47,52,55,70H,4-7,9-10,12-16,18-19,21,23,26,29,32-39,41-44,46,48-51,53-54,56-69H2,1-3H3/b11-8-,20-17-,24-22-,27-25-,30-28-,40-31-,47-45-,55-52-. The van der Waals surface area contributed by atoms with Crippen LogP contribution in [0.5, 0.6) is 0 Å². The number of carbonyl (C=O) groups is 3. The van der Waals surface area contributed by atoms with Gasteiger partial charge in [-0.1, -0.05) is 304 Å². The van der Waals surface area contributed by atoms with Crippen LogP contribution in [-0.4, -0.2) is 37.2 Å². The van der Waals surface area contributed by atoms with E-state index < -0.39 is 6.10 Å². The van der Waals surface area contributed by atoms with E-state index in [1.165, 1.54) is 186 Å². The first-order valence-electron chi connectivity index (χ1n) is 33.7. The molecule has 0 amide bonds. The summed E-state index contributed by atoms with van der Waals surface area (Å²) in [5, 5.41) is 0. The summed E-state index contributed by atoms with van der Waals surface area (Å²) >= 11 is 0. The van der Waals surface area contributed by atoms with Gasteiger partial charge in [-0.2, -0.15) is 0 Å². The first-order chi connectivity index (χ1) is 39.0. The molecular weight excluding hydrogens is 973 g/mol. The van der Waals surface area contributed by atoms with E-state index in [1.54, 1.807) is 0 Å². The van der Waals surface area contributed by atoms with E-state index in [2.05, 4.69) is 118 Å². The third-order valence-electron chi connectivity index (χ3n) is 14.6. The molecule has 0 radical (unpaired) electrons. The molecule has 1 atom stereocenters. The summed E-state index contributed by atoms with van der Waals surface area (Å²) in [6.45, 7) is 6.50. The van der Waals surface area contributed by atoms with Crippen LogP contribution >= 0.6 is 0 Å². The Morgan fingerprint density at radius 2 is 0.494 bits per heavy atom. The summed E-state index contributed by atoms with van der Waals surface area (Å²) in [7, 11) is 0. The third-order valence-corrected chi connectivity index (χ3v) is 14.6. The summed E-state index contributed by atoms with van der Waals surface area (Å²) in [4.78, 5) is 38.3. The number of unbranched alkanes of at least 4 members (excludes halogenated alkanes) is 34. The van der Waals surface area contributed by atoms with Gasteiger partial charge in [0.25, 0.3) is 0 Å². The van der Waals surface area contributed by atoms with E-state index in [0.29, 0.717) is 19.3 Å². The largest absolute Gasteiger partial charge is 0.462 e. The van der Waals surface area contributed by atoms with Crippen LogP contribution in [0.25, 0.3) is 0 Å². The number of hydrogen-bond donors (Lipinski definition) is 0. The highest BCUT2D eigenvalue weighted by Crippen LogP contribution is 2.17. The number of hydrogen-bond acceptors (Lipinski definition) is 6. The van der Waals surface area contributed by atoms with Gasteiger partial charge in [-0.25, -0.2) is 0 Å². The number of ether oxygens (including phenoxy) is 3. The third kappa shape index (κ3) is 65.0. The highest BCUT2D eigenvalue weighted by Gasteiger charge is 2.19. The molecule has 1 unspecified atom stereocenters. The van der Waals surface area contributed by atoms with Crippen LogP contribution in [0.4, 0.5) is 0 Å². The summed E-state index contributed by atoms with van der Waals surface area (Å²) in [5.41, 5.74) is 0. The van der Waals surface area contributed by atoms with Crippen LogP contribution in [-0.2, 0) is 28.6 Å². The molecule has 0 rings (SSSR count). The zero-order chi connectivity index (χ0) is 57.1. The van der Waals surface area contributed by atoms with Gasteiger partial charge in [0.05, 0.1) is 0 Å². The van der Waals surface area contributed by atoms with Crippen molar-refractivity contribution >= 4 is 17.9 Å². The zero-order valence-electron chi connectivity index (χ0n) is 52.1. The summed E-state index contributed by atoms with van der Waals surface area (Å²) < 4.78 is 16.9. The van der Waals surface area contributed by atoms with Gasteiger partial charge in [-0.15, -0.1) is 0 Å². The minimum absolute atomic E-state index is 0.0920. The summed E-state index contributed by atoms with van der Waals surface area (Å²) in [6.07, 6.45) is 90.1. The highest BCUT2D eigenvalue weighted by molar-refractivity contribution is 5.71. The predicted octanol–water partition coefficient (Wildman–Crippen LogP) is 23.2. The smallest absolute Gasteiger partial charge is 0.306 e. The van der Waals surface area contributed by atoms with Crippen molar-refractivity contribution in [2.24, 2.45) is 0 Å². The topological polar surface area (TPSA) is 78.9 Å². The lowest BCUT2D eigenvalue weighted by molar-refractivity contribution is -0.167. The summed E-state index contributed by atoms with van der Waals surface area (Å²) in [5.74, 6) is -0.924. The van der Waals surface area contributed by atoms with E-state index in [1.807, 2.05) is 0 Å². The van der Waals surface area contributed by atoms with Gasteiger partial charge in [0, 0.05) is 19.3 Å². The molecule has 0 saturated carbocycles. The maximum Gasteiger partial charge on any atom is 0.306 e. The quantitative estimate of drug-likeness (QED) is 0.0261. The predicted molar refractivity (Wildman–Crippen MR) is 344 cm³/mol. The Hall–Kier alpha value is -3.67. The molecule has 0 bridgehead atoms. The Labute approximate surface area is 489 Å². The number of carbonyl (C=O) groups excluding carboxylic acids is 3. The second-order valence-electron chi connectivity index (χ2n) is 22.4. The number of rotatable bonds is 61. The lowest BCUT2D eigenvalue weighted by Crippen LogP contribution is -2.30. The van der Waals surface area contributed by atoms with E-state index in [-0.39, 0.29) is 37.5 Å². The Morgan fingerprint density at radius 1 is 0.266 bits per heavy atom. The lowest BCUT2D eigenvalue weighted by Gasteiger charge is -2.18. The molecule has 0 aliphatic heterocycles. The Balaban J connectivity index is 4.26. The van der Waals surface area contributed by atoms with Crippen LogP contribution in [0.1, 0.15) is 329 Å². The Bertz CT molecular complexity index is 1540. The molecule has 0 fully saturated rings. The van der Waals surface area contributed by atoms with Crippen molar-refractivity contribution in [3.05, 3.63) is 97.2 Å². The zero-order valence-corrected chi connectivity index (χ0v) is 52.1. The minimum atomic E-state index is -0.800. The van der Waals surface area contributed by atoms with Crippen LogP contribution in [0.2, 0.25) is 0 Å². The lowest BCUT2D eigenvalue weighted by atomic mass is 10.0. The van der Waals surface area contributed by atoms with Gasteiger partial charge in [0.2, 0.25) is 0 Å². The maximum atomic E-state index is 12.9. The monoisotopic (exact) mass is 1100 g/mol. The van der Waals surface area contributed by atoms with E-state index in [4.69, 9.17) is 14.2 Å². The molecule has 0 saturated heterocycles. The molecule has 0 aromatic heterocycles. The van der Waals surface area contributed by atoms with Crippen molar-refractivity contribution < 1.29 is 28.6 Å². The number of allylic oxidation sites excluding steroid dienone is 16. The molecule has 0 aromatic carbocycles. The van der Waals surface area contributed by atoms with Crippen molar-refractivity contribution in [1.29, 1.82) is 0 Å². The fourth-order valence-electron chi connectivity index (χ4n) is 9.54. The van der Waals surface area contributed by atoms with Gasteiger partial charge in [-0.3, -0.25) is 14.4 Å². The molecule has 0 spiro atoms. The van der Waals surface area contributed by atoms with Crippen LogP contribution < -0.4 is 0 Å². The molecule has 0 aromatic rings. The van der Waals surface area contributed by atoms with Gasteiger partial charge in [0.15, 0.2) is 6.10 Å². The molecule has 0 N–H and O–H groups in total. The Morgan fingerprint density at radius 3 is 0.797 bits per heavy atom. The molecule has 0 aliphatic carbocycles. The van der Waals surface area contributed by atoms with Gasteiger partial charge < -0.3 is 14.2 Å². The SMILES string of the molecule is CC/C=C\C/C=C\C/C=C\C/C=C\C/C=C\C/C=C\CCCCC(=O)OC(COC(=O)CCCCCCCCCCCCC)COC(=O)CCCCCCCCCCCCCCCCCCC/C=C\C/C=C\CCCCCCC. The van der Waals surface area contributed by atoms with Crippen molar-refractivity contribution in [2.45, 2.75) is 335 Å². The molecular formula is C73H126O6. The van der Waals surface area contributed by atoms with Crippen molar-refractivity contribution in [3.63, 3.8) is 0 Å². The van der Waals surface area contributed by atoms with Crippen molar-refractivity contribution in [3.8, 4) is 0 Å². The van der Waals surface area contributed by atoms with Crippen LogP contribution in [0.3, 0.4) is 0 Å².